The van der Waals surface area contributed by atoms with Gasteiger partial charge in [-0.15, -0.1) is 11.8 Å². The van der Waals surface area contributed by atoms with E-state index in [1.54, 1.807) is 23.1 Å². The van der Waals surface area contributed by atoms with Gasteiger partial charge < -0.3 is 10.2 Å². The summed E-state index contributed by atoms with van der Waals surface area (Å²) < 4.78 is 14.6. The van der Waals surface area contributed by atoms with E-state index < -0.39 is 6.04 Å². The standard InChI is InChI=1S/C30H35FN2O2S/c1-4-23(3)32-30(35)28(18-24-10-6-5-7-11-24)33(19-26-12-8-9-13-27(26)31)29(34)21-36-20-25-16-14-22(2)15-17-25/h5-17,23,28H,4,18-21H2,1-3H3,(H,32,35)/t23-,28-/m1/s1. The summed E-state index contributed by atoms with van der Waals surface area (Å²) in [5.41, 5.74) is 3.66. The van der Waals surface area contributed by atoms with Gasteiger partial charge in [0.2, 0.25) is 11.8 Å². The first-order valence-corrected chi connectivity index (χ1v) is 13.5. The van der Waals surface area contributed by atoms with Crippen LogP contribution in [0, 0.1) is 12.7 Å². The van der Waals surface area contributed by atoms with Gasteiger partial charge in [-0.1, -0.05) is 85.3 Å². The fraction of sp³-hybridized carbons (Fsp3) is 0.333. The van der Waals surface area contributed by atoms with Gasteiger partial charge >= 0.3 is 0 Å². The van der Waals surface area contributed by atoms with Gasteiger partial charge in [-0.05, 0) is 37.5 Å². The van der Waals surface area contributed by atoms with E-state index in [1.807, 2.05) is 51.1 Å². The molecular formula is C30H35FN2O2S. The molecule has 3 aromatic carbocycles. The van der Waals surface area contributed by atoms with Crippen molar-refractivity contribution in [3.63, 3.8) is 0 Å². The highest BCUT2D eigenvalue weighted by Crippen LogP contribution is 2.20. The molecule has 0 unspecified atom stereocenters. The van der Waals surface area contributed by atoms with Gasteiger partial charge in [0.25, 0.3) is 0 Å². The SMILES string of the molecule is CC[C@@H](C)NC(=O)[C@@H](Cc1ccccc1)N(Cc1ccccc1F)C(=O)CSCc1ccc(C)cc1. The average molecular weight is 507 g/mol. The van der Waals surface area contributed by atoms with Crippen LogP contribution in [0.2, 0.25) is 0 Å². The summed E-state index contributed by atoms with van der Waals surface area (Å²) in [5.74, 6) is 0.0899. The zero-order valence-electron chi connectivity index (χ0n) is 21.2. The molecule has 0 bridgehead atoms. The molecule has 36 heavy (non-hydrogen) atoms. The van der Waals surface area contributed by atoms with Crippen LogP contribution in [0.3, 0.4) is 0 Å². The van der Waals surface area contributed by atoms with Crippen LogP contribution >= 0.6 is 11.8 Å². The normalized spacial score (nSPS) is 12.6. The molecule has 0 aliphatic carbocycles. The van der Waals surface area contributed by atoms with Crippen molar-refractivity contribution < 1.29 is 14.0 Å². The minimum atomic E-state index is -0.756. The molecule has 4 nitrogen and oxygen atoms in total. The second kappa shape index (κ2) is 13.8. The van der Waals surface area contributed by atoms with Crippen molar-refractivity contribution in [2.24, 2.45) is 0 Å². The monoisotopic (exact) mass is 506 g/mol. The summed E-state index contributed by atoms with van der Waals surface area (Å²) in [7, 11) is 0. The molecule has 0 spiro atoms. The molecule has 2 amide bonds. The Labute approximate surface area is 218 Å². The van der Waals surface area contributed by atoms with Gasteiger partial charge in [0.05, 0.1) is 5.75 Å². The maximum atomic E-state index is 14.6. The van der Waals surface area contributed by atoms with E-state index in [0.717, 1.165) is 17.5 Å². The van der Waals surface area contributed by atoms with Gasteiger partial charge in [-0.2, -0.15) is 0 Å². The van der Waals surface area contributed by atoms with E-state index in [-0.39, 0.29) is 36.0 Å². The number of rotatable bonds is 12. The van der Waals surface area contributed by atoms with Gasteiger partial charge in [-0.3, -0.25) is 9.59 Å². The molecular weight excluding hydrogens is 471 g/mol. The summed E-state index contributed by atoms with van der Waals surface area (Å²) in [6, 6.07) is 23.5. The Morgan fingerprint density at radius 1 is 0.944 bits per heavy atom. The molecule has 0 aliphatic rings. The topological polar surface area (TPSA) is 49.4 Å². The highest BCUT2D eigenvalue weighted by Gasteiger charge is 2.31. The van der Waals surface area contributed by atoms with Crippen molar-refractivity contribution in [2.75, 3.05) is 5.75 Å². The van der Waals surface area contributed by atoms with Crippen molar-refractivity contribution in [3.8, 4) is 0 Å². The Hall–Kier alpha value is -3.12. The molecule has 0 fully saturated rings. The van der Waals surface area contributed by atoms with E-state index in [0.29, 0.717) is 17.7 Å². The van der Waals surface area contributed by atoms with Gasteiger partial charge in [0.1, 0.15) is 11.9 Å². The van der Waals surface area contributed by atoms with Crippen molar-refractivity contribution in [1.82, 2.24) is 10.2 Å². The summed E-state index contributed by atoms with van der Waals surface area (Å²) in [5, 5.41) is 3.04. The van der Waals surface area contributed by atoms with Gasteiger partial charge in [-0.25, -0.2) is 4.39 Å². The van der Waals surface area contributed by atoms with Gasteiger partial charge in [0.15, 0.2) is 0 Å². The number of carbonyl (C=O) groups is 2. The van der Waals surface area contributed by atoms with Crippen molar-refractivity contribution in [3.05, 3.63) is 107 Å². The minimum Gasteiger partial charge on any atom is -0.352 e. The third-order valence-corrected chi connectivity index (χ3v) is 7.17. The number of hydrogen-bond donors (Lipinski definition) is 1. The number of thioether (sulfide) groups is 1. The van der Waals surface area contributed by atoms with E-state index in [9.17, 15) is 14.0 Å². The number of halogens is 1. The summed E-state index contributed by atoms with van der Waals surface area (Å²) >= 11 is 1.50. The second-order valence-electron chi connectivity index (χ2n) is 9.11. The lowest BCUT2D eigenvalue weighted by molar-refractivity contribution is -0.139. The van der Waals surface area contributed by atoms with Crippen LogP contribution in [0.25, 0.3) is 0 Å². The summed E-state index contributed by atoms with van der Waals surface area (Å²) in [6.45, 7) is 6.01. The molecule has 3 aromatic rings. The van der Waals surface area contributed by atoms with Crippen LogP contribution in [0.15, 0.2) is 78.9 Å². The molecule has 2 atom stereocenters. The first-order chi connectivity index (χ1) is 17.4. The highest BCUT2D eigenvalue weighted by atomic mass is 32.2. The fourth-order valence-corrected chi connectivity index (χ4v) is 4.70. The average Bonchev–Trinajstić information content (AvgIpc) is 2.88. The van der Waals surface area contributed by atoms with Crippen molar-refractivity contribution >= 4 is 23.6 Å². The summed E-state index contributed by atoms with van der Waals surface area (Å²) in [4.78, 5) is 28.6. The molecule has 3 rings (SSSR count). The Kier molecular flexibility index (Phi) is 10.6. The molecule has 0 aromatic heterocycles. The number of benzene rings is 3. The zero-order chi connectivity index (χ0) is 25.9. The zero-order valence-corrected chi connectivity index (χ0v) is 22.1. The maximum absolute atomic E-state index is 14.6. The maximum Gasteiger partial charge on any atom is 0.243 e. The van der Waals surface area contributed by atoms with Crippen molar-refractivity contribution in [2.45, 2.75) is 58.0 Å². The van der Waals surface area contributed by atoms with E-state index in [1.165, 1.54) is 23.4 Å². The molecule has 1 N–H and O–H groups in total. The Bertz CT molecular complexity index is 1120. The van der Waals surface area contributed by atoms with Crippen LogP contribution in [0.1, 0.15) is 42.5 Å². The molecule has 190 valence electrons. The lowest BCUT2D eigenvalue weighted by Crippen LogP contribution is -2.52. The number of nitrogens with one attached hydrogen (secondary N) is 1. The van der Waals surface area contributed by atoms with E-state index in [4.69, 9.17) is 0 Å². The molecule has 0 saturated heterocycles. The minimum absolute atomic E-state index is 0.0298. The molecule has 0 saturated carbocycles. The largest absolute Gasteiger partial charge is 0.352 e. The van der Waals surface area contributed by atoms with Crippen LogP contribution in [0.4, 0.5) is 4.39 Å². The number of hydrogen-bond acceptors (Lipinski definition) is 3. The Morgan fingerprint density at radius 3 is 2.28 bits per heavy atom. The summed E-state index contributed by atoms with van der Waals surface area (Å²) in [6.07, 6.45) is 1.13. The first kappa shape index (κ1) is 27.5. The van der Waals surface area contributed by atoms with Crippen molar-refractivity contribution in [1.29, 1.82) is 0 Å². The van der Waals surface area contributed by atoms with Crippen LogP contribution in [-0.2, 0) is 28.3 Å². The quantitative estimate of drug-likeness (QED) is 0.332. The van der Waals surface area contributed by atoms with Crippen LogP contribution in [-0.4, -0.2) is 34.6 Å². The Balaban J connectivity index is 1.86. The number of amides is 2. The van der Waals surface area contributed by atoms with Crippen LogP contribution in [0.5, 0.6) is 0 Å². The number of nitrogens with zero attached hydrogens (tertiary/aromatic N) is 1. The molecule has 0 radical (unpaired) electrons. The molecule has 0 aliphatic heterocycles. The van der Waals surface area contributed by atoms with E-state index in [2.05, 4.69) is 29.6 Å². The lowest BCUT2D eigenvalue weighted by atomic mass is 10.0. The molecule has 6 heteroatoms. The lowest BCUT2D eigenvalue weighted by Gasteiger charge is -2.32. The Morgan fingerprint density at radius 2 is 1.61 bits per heavy atom. The highest BCUT2D eigenvalue weighted by molar-refractivity contribution is 7.99. The third-order valence-electron chi connectivity index (χ3n) is 6.19. The number of aryl methyl sites for hydroxylation is 1. The molecule has 0 heterocycles. The van der Waals surface area contributed by atoms with Crippen LogP contribution < -0.4 is 5.32 Å². The van der Waals surface area contributed by atoms with E-state index >= 15 is 0 Å². The first-order valence-electron chi connectivity index (χ1n) is 12.4. The number of carbonyl (C=O) groups excluding carboxylic acids is 2. The van der Waals surface area contributed by atoms with Gasteiger partial charge in [0, 0.05) is 30.3 Å². The smallest absolute Gasteiger partial charge is 0.243 e. The predicted molar refractivity (Wildman–Crippen MR) is 146 cm³/mol. The third kappa shape index (κ3) is 8.23. The predicted octanol–water partition coefficient (Wildman–Crippen LogP) is 5.92. The fourth-order valence-electron chi connectivity index (χ4n) is 3.83. The second-order valence-corrected chi connectivity index (χ2v) is 10.1.